The summed E-state index contributed by atoms with van der Waals surface area (Å²) in [7, 11) is 1.93. The van der Waals surface area contributed by atoms with Crippen molar-refractivity contribution in [1.29, 1.82) is 0 Å². The number of aryl methyl sites for hydroxylation is 1. The van der Waals surface area contributed by atoms with Gasteiger partial charge in [-0.1, -0.05) is 6.42 Å². The minimum absolute atomic E-state index is 0.526. The van der Waals surface area contributed by atoms with Crippen molar-refractivity contribution in [3.63, 3.8) is 0 Å². The summed E-state index contributed by atoms with van der Waals surface area (Å²) in [6.45, 7) is 5.41. The lowest BCUT2D eigenvalue weighted by atomic mass is 10.1. The largest absolute Gasteiger partial charge is 0.374 e. The monoisotopic (exact) mass is 252 g/mol. The fourth-order valence-electron chi connectivity index (χ4n) is 2.41. The van der Waals surface area contributed by atoms with Gasteiger partial charge in [-0.05, 0) is 25.9 Å². The molecule has 5 nitrogen and oxygen atoms in total. The second-order valence-corrected chi connectivity index (χ2v) is 4.90. The van der Waals surface area contributed by atoms with Gasteiger partial charge in [-0.3, -0.25) is 4.68 Å². The van der Waals surface area contributed by atoms with Gasteiger partial charge in [0.2, 0.25) is 0 Å². The van der Waals surface area contributed by atoms with Crippen LogP contribution in [0.25, 0.3) is 0 Å². The maximum Gasteiger partial charge on any atom is 0.0888 e. The van der Waals surface area contributed by atoms with Crippen molar-refractivity contribution in [2.75, 3.05) is 26.2 Å². The molecule has 1 aliphatic rings. The van der Waals surface area contributed by atoms with E-state index >= 15 is 0 Å². The molecule has 0 aromatic carbocycles. The Morgan fingerprint density at radius 2 is 2.11 bits per heavy atom. The molecule has 1 fully saturated rings. The van der Waals surface area contributed by atoms with Gasteiger partial charge < -0.3 is 15.4 Å². The molecule has 1 saturated heterocycles. The van der Waals surface area contributed by atoms with E-state index in [2.05, 4.69) is 10.00 Å². The molecular formula is C13H24N4O. The van der Waals surface area contributed by atoms with E-state index in [0.29, 0.717) is 13.2 Å². The summed E-state index contributed by atoms with van der Waals surface area (Å²) in [6.07, 6.45) is 5.87. The van der Waals surface area contributed by atoms with Crippen molar-refractivity contribution in [3.05, 3.63) is 17.5 Å². The maximum atomic E-state index is 5.75. The van der Waals surface area contributed by atoms with Crippen LogP contribution in [0.3, 0.4) is 0 Å². The summed E-state index contributed by atoms with van der Waals surface area (Å²) in [4.78, 5) is 2.48. The lowest BCUT2D eigenvalue weighted by Crippen LogP contribution is -2.32. The Morgan fingerprint density at radius 1 is 1.33 bits per heavy atom. The highest BCUT2D eigenvalue weighted by atomic mass is 16.5. The molecule has 1 aliphatic heterocycles. The van der Waals surface area contributed by atoms with E-state index in [1.54, 1.807) is 0 Å². The van der Waals surface area contributed by atoms with Gasteiger partial charge in [-0.25, -0.2) is 0 Å². The molecule has 1 aromatic rings. The van der Waals surface area contributed by atoms with Gasteiger partial charge in [0.25, 0.3) is 0 Å². The van der Waals surface area contributed by atoms with E-state index in [-0.39, 0.29) is 0 Å². The molecule has 2 N–H and O–H groups in total. The average Bonchev–Trinajstić information content (AvgIpc) is 2.77. The first-order chi connectivity index (χ1) is 8.81. The molecule has 0 atom stereocenters. The Bertz CT molecular complexity index is 358. The molecule has 102 valence electrons. The van der Waals surface area contributed by atoms with Crippen molar-refractivity contribution >= 4 is 0 Å². The van der Waals surface area contributed by atoms with Gasteiger partial charge in [-0.2, -0.15) is 5.10 Å². The van der Waals surface area contributed by atoms with Crippen LogP contribution in [-0.2, 0) is 24.9 Å². The molecule has 2 heterocycles. The molecule has 0 unspecified atom stereocenters. The van der Waals surface area contributed by atoms with Crippen LogP contribution in [0, 0.1) is 0 Å². The number of ether oxygens (including phenoxy) is 1. The molecular weight excluding hydrogens is 228 g/mol. The zero-order chi connectivity index (χ0) is 12.8. The molecule has 0 aliphatic carbocycles. The van der Waals surface area contributed by atoms with Crippen LogP contribution in [-0.4, -0.2) is 40.9 Å². The highest BCUT2D eigenvalue weighted by molar-refractivity contribution is 5.16. The smallest absolute Gasteiger partial charge is 0.0888 e. The predicted molar refractivity (Wildman–Crippen MR) is 71.0 cm³/mol. The highest BCUT2D eigenvalue weighted by Gasteiger charge is 2.10. The first-order valence-electron chi connectivity index (χ1n) is 6.81. The summed E-state index contributed by atoms with van der Waals surface area (Å²) < 4.78 is 7.60. The number of piperidine rings is 1. The number of hydrogen-bond acceptors (Lipinski definition) is 4. The Hall–Kier alpha value is -0.910. The zero-order valence-corrected chi connectivity index (χ0v) is 11.3. The maximum absolute atomic E-state index is 5.75. The summed E-state index contributed by atoms with van der Waals surface area (Å²) in [6, 6.07) is 0. The standard InChI is InChI=1S/C13H24N4O/c1-16-13(12(9-14)10-15-16)11-18-8-7-17-5-3-2-4-6-17/h10H,2-9,11,14H2,1H3. The van der Waals surface area contributed by atoms with Gasteiger partial charge in [0.15, 0.2) is 0 Å². The van der Waals surface area contributed by atoms with Crippen molar-refractivity contribution in [2.24, 2.45) is 12.8 Å². The first kappa shape index (κ1) is 13.5. The number of rotatable bonds is 6. The third-order valence-electron chi connectivity index (χ3n) is 3.61. The molecule has 5 heteroatoms. The first-order valence-corrected chi connectivity index (χ1v) is 6.81. The number of aromatic nitrogens is 2. The third-order valence-corrected chi connectivity index (χ3v) is 3.61. The van der Waals surface area contributed by atoms with E-state index in [1.165, 1.54) is 32.4 Å². The average molecular weight is 252 g/mol. The summed E-state index contributed by atoms with van der Waals surface area (Å²) in [5.41, 5.74) is 7.84. The lowest BCUT2D eigenvalue weighted by molar-refractivity contribution is 0.0825. The number of nitrogens with two attached hydrogens (primary N) is 1. The van der Waals surface area contributed by atoms with E-state index in [0.717, 1.165) is 24.4 Å². The Kier molecular flexibility index (Phi) is 5.16. The Labute approximate surface area is 109 Å². The van der Waals surface area contributed by atoms with E-state index in [1.807, 2.05) is 17.9 Å². The van der Waals surface area contributed by atoms with Crippen LogP contribution < -0.4 is 5.73 Å². The van der Waals surface area contributed by atoms with Crippen LogP contribution in [0.4, 0.5) is 0 Å². The molecule has 0 bridgehead atoms. The normalized spacial score (nSPS) is 17.2. The quantitative estimate of drug-likeness (QED) is 0.764. The zero-order valence-electron chi connectivity index (χ0n) is 11.3. The summed E-state index contributed by atoms with van der Waals surface area (Å²) in [5, 5.41) is 4.20. The minimum Gasteiger partial charge on any atom is -0.374 e. The van der Waals surface area contributed by atoms with Gasteiger partial charge in [0.1, 0.15) is 0 Å². The SMILES string of the molecule is Cn1ncc(CN)c1COCCN1CCCCC1. The predicted octanol–water partition coefficient (Wildman–Crippen LogP) is 0.881. The Balaban J connectivity index is 1.69. The van der Waals surface area contributed by atoms with Crippen LogP contribution in [0.1, 0.15) is 30.5 Å². The van der Waals surface area contributed by atoms with Crippen LogP contribution in [0.5, 0.6) is 0 Å². The third kappa shape index (κ3) is 3.54. The van der Waals surface area contributed by atoms with Gasteiger partial charge in [0.05, 0.1) is 25.1 Å². The number of hydrogen-bond donors (Lipinski definition) is 1. The van der Waals surface area contributed by atoms with Crippen LogP contribution in [0.2, 0.25) is 0 Å². The van der Waals surface area contributed by atoms with Crippen molar-refractivity contribution in [1.82, 2.24) is 14.7 Å². The van der Waals surface area contributed by atoms with E-state index < -0.39 is 0 Å². The highest BCUT2D eigenvalue weighted by Crippen LogP contribution is 2.10. The van der Waals surface area contributed by atoms with E-state index in [4.69, 9.17) is 10.5 Å². The Morgan fingerprint density at radius 3 is 2.83 bits per heavy atom. The molecule has 0 saturated carbocycles. The minimum atomic E-state index is 0.526. The molecule has 18 heavy (non-hydrogen) atoms. The molecule has 0 amide bonds. The van der Waals surface area contributed by atoms with Crippen molar-refractivity contribution in [2.45, 2.75) is 32.4 Å². The topological polar surface area (TPSA) is 56.3 Å². The second-order valence-electron chi connectivity index (χ2n) is 4.90. The van der Waals surface area contributed by atoms with Gasteiger partial charge in [0, 0.05) is 25.7 Å². The van der Waals surface area contributed by atoms with Crippen molar-refractivity contribution < 1.29 is 4.74 Å². The van der Waals surface area contributed by atoms with Gasteiger partial charge >= 0.3 is 0 Å². The van der Waals surface area contributed by atoms with Crippen LogP contribution in [0.15, 0.2) is 6.20 Å². The fraction of sp³-hybridized carbons (Fsp3) is 0.769. The molecule has 0 spiro atoms. The lowest BCUT2D eigenvalue weighted by Gasteiger charge is -2.26. The summed E-state index contributed by atoms with van der Waals surface area (Å²) in [5.74, 6) is 0. The van der Waals surface area contributed by atoms with Crippen LogP contribution >= 0.6 is 0 Å². The number of likely N-dealkylation sites (tertiary alicyclic amines) is 1. The van der Waals surface area contributed by atoms with Gasteiger partial charge in [-0.15, -0.1) is 0 Å². The molecule has 1 aromatic heterocycles. The second kappa shape index (κ2) is 6.87. The fourth-order valence-corrected chi connectivity index (χ4v) is 2.41. The van der Waals surface area contributed by atoms with Crippen molar-refractivity contribution in [3.8, 4) is 0 Å². The molecule has 2 rings (SSSR count). The summed E-state index contributed by atoms with van der Waals surface area (Å²) >= 11 is 0. The molecule has 0 radical (unpaired) electrons. The van der Waals surface area contributed by atoms with E-state index in [9.17, 15) is 0 Å². The number of nitrogens with zero attached hydrogens (tertiary/aromatic N) is 3.